The molecule has 36 heavy (non-hydrogen) atoms. The van der Waals surface area contributed by atoms with Gasteiger partial charge in [-0.25, -0.2) is 33.7 Å². The Bertz CT molecular complexity index is 1700. The van der Waals surface area contributed by atoms with Crippen LogP contribution < -0.4 is 4.74 Å². The maximum absolute atomic E-state index is 15.3. The van der Waals surface area contributed by atoms with Gasteiger partial charge in [0.05, 0.1) is 11.4 Å². The highest BCUT2D eigenvalue weighted by Gasteiger charge is 2.25. The minimum Gasteiger partial charge on any atom is -0.421 e. The van der Waals surface area contributed by atoms with Gasteiger partial charge in [0.1, 0.15) is 17.7 Å². The van der Waals surface area contributed by atoms with Gasteiger partial charge in [-0.3, -0.25) is 0 Å². The van der Waals surface area contributed by atoms with E-state index in [0.29, 0.717) is 50.4 Å². The number of aryl methyl sites for hydroxylation is 3. The summed E-state index contributed by atoms with van der Waals surface area (Å²) in [6.45, 7) is 5.26. The van der Waals surface area contributed by atoms with Crippen LogP contribution in [-0.4, -0.2) is 29.5 Å². The Morgan fingerprint density at radius 1 is 1.03 bits per heavy atom. The predicted octanol–water partition coefficient (Wildman–Crippen LogP) is 5.46. The summed E-state index contributed by atoms with van der Waals surface area (Å²) in [5.74, 6) is 1.04. The van der Waals surface area contributed by atoms with Gasteiger partial charge in [-0.1, -0.05) is 6.07 Å². The zero-order valence-corrected chi connectivity index (χ0v) is 20.0. The lowest BCUT2D eigenvalue weighted by atomic mass is 9.96. The molecule has 4 aromatic heterocycles. The van der Waals surface area contributed by atoms with Gasteiger partial charge < -0.3 is 9.30 Å². The third-order valence-electron chi connectivity index (χ3n) is 6.01. The molecular formula is C27H20F2N6O. The van der Waals surface area contributed by atoms with Crippen molar-refractivity contribution in [3.8, 4) is 46.5 Å². The molecule has 0 N–H and O–H groups in total. The fraction of sp³-hybridized carbons (Fsp3) is 0.148. The van der Waals surface area contributed by atoms with Gasteiger partial charge in [0, 0.05) is 41.6 Å². The monoisotopic (exact) mass is 482 g/mol. The van der Waals surface area contributed by atoms with Crippen molar-refractivity contribution in [3.63, 3.8) is 0 Å². The summed E-state index contributed by atoms with van der Waals surface area (Å²) >= 11 is 0. The lowest BCUT2D eigenvalue weighted by Gasteiger charge is -2.13. The van der Waals surface area contributed by atoms with Crippen molar-refractivity contribution in [3.05, 3.63) is 77.3 Å². The van der Waals surface area contributed by atoms with Gasteiger partial charge in [0.25, 0.3) is 0 Å². The highest BCUT2D eigenvalue weighted by molar-refractivity contribution is 6.04. The van der Waals surface area contributed by atoms with Crippen LogP contribution in [0, 0.1) is 44.7 Å². The fourth-order valence-electron chi connectivity index (χ4n) is 4.23. The number of pyridine rings is 1. The van der Waals surface area contributed by atoms with E-state index >= 15 is 4.39 Å². The normalized spacial score (nSPS) is 11.0. The van der Waals surface area contributed by atoms with Crippen molar-refractivity contribution < 1.29 is 13.5 Å². The first-order chi connectivity index (χ1) is 17.3. The topological polar surface area (TPSA) is 78.6 Å². The van der Waals surface area contributed by atoms with Crippen LogP contribution in [-0.2, 0) is 7.05 Å². The number of hydrogen-bond acceptors (Lipinski definition) is 6. The number of terminal acetylenes is 1. The number of benzene rings is 1. The maximum atomic E-state index is 15.3. The molecule has 0 aliphatic carbocycles. The van der Waals surface area contributed by atoms with E-state index in [2.05, 4.69) is 30.8 Å². The van der Waals surface area contributed by atoms with E-state index in [9.17, 15) is 4.39 Å². The van der Waals surface area contributed by atoms with E-state index in [1.54, 1.807) is 26.0 Å². The minimum absolute atomic E-state index is 0.0265. The number of hydrogen-bond donors (Lipinski definition) is 0. The quantitative estimate of drug-likeness (QED) is 0.316. The molecule has 9 heteroatoms. The van der Waals surface area contributed by atoms with Crippen LogP contribution in [0.4, 0.5) is 8.78 Å². The number of fused-ring (bicyclic) bond motifs is 1. The first-order valence-corrected chi connectivity index (χ1v) is 11.0. The maximum Gasteiger partial charge on any atom is 0.322 e. The lowest BCUT2D eigenvalue weighted by Crippen LogP contribution is -2.01. The predicted molar refractivity (Wildman–Crippen MR) is 131 cm³/mol. The molecule has 0 fully saturated rings. The molecule has 4 heterocycles. The molecule has 0 saturated carbocycles. The molecular weight excluding hydrogens is 462 g/mol. The van der Waals surface area contributed by atoms with E-state index in [1.807, 2.05) is 18.5 Å². The van der Waals surface area contributed by atoms with Gasteiger partial charge in [0.15, 0.2) is 17.4 Å². The summed E-state index contributed by atoms with van der Waals surface area (Å²) in [4.78, 5) is 21.1. The van der Waals surface area contributed by atoms with Crippen molar-refractivity contribution in [1.82, 2.24) is 29.5 Å². The zero-order chi connectivity index (χ0) is 25.6. The molecule has 0 atom stereocenters. The van der Waals surface area contributed by atoms with E-state index in [1.165, 1.54) is 30.9 Å². The summed E-state index contributed by atoms with van der Waals surface area (Å²) in [6, 6.07) is 6.33. The number of aromatic nitrogens is 6. The van der Waals surface area contributed by atoms with Gasteiger partial charge in [-0.2, -0.15) is 0 Å². The van der Waals surface area contributed by atoms with Crippen LogP contribution in [0.25, 0.3) is 33.4 Å². The molecule has 0 aliphatic rings. The molecule has 0 unspecified atom stereocenters. The molecule has 178 valence electrons. The fourth-order valence-corrected chi connectivity index (χ4v) is 4.23. The molecule has 0 spiro atoms. The van der Waals surface area contributed by atoms with Crippen molar-refractivity contribution in [2.75, 3.05) is 0 Å². The van der Waals surface area contributed by atoms with Crippen LogP contribution in [0.2, 0.25) is 0 Å². The third-order valence-corrected chi connectivity index (χ3v) is 6.01. The third kappa shape index (κ3) is 3.73. The van der Waals surface area contributed by atoms with Crippen molar-refractivity contribution >= 4 is 11.0 Å². The average Bonchev–Trinajstić information content (AvgIpc) is 3.15. The summed E-state index contributed by atoms with van der Waals surface area (Å²) < 4.78 is 37.7. The second-order valence-corrected chi connectivity index (χ2v) is 8.27. The second kappa shape index (κ2) is 8.82. The summed E-state index contributed by atoms with van der Waals surface area (Å²) in [5, 5.41) is 0.714. The Morgan fingerprint density at radius 3 is 2.56 bits per heavy atom. The summed E-state index contributed by atoms with van der Waals surface area (Å²) in [6.07, 6.45) is 9.91. The van der Waals surface area contributed by atoms with E-state index in [0.717, 1.165) is 0 Å². The Kier molecular flexibility index (Phi) is 5.65. The Hall–Kier alpha value is -4.71. The summed E-state index contributed by atoms with van der Waals surface area (Å²) in [5.41, 5.74) is 4.54. The van der Waals surface area contributed by atoms with Crippen LogP contribution in [0.5, 0.6) is 11.8 Å². The largest absolute Gasteiger partial charge is 0.421 e. The van der Waals surface area contributed by atoms with Crippen molar-refractivity contribution in [2.24, 2.45) is 7.05 Å². The highest BCUT2D eigenvalue weighted by Crippen LogP contribution is 2.43. The van der Waals surface area contributed by atoms with E-state index < -0.39 is 11.6 Å². The first kappa shape index (κ1) is 23.1. The second-order valence-electron chi connectivity index (χ2n) is 8.27. The average molecular weight is 482 g/mol. The standard InChI is InChI=1S/C27H20F2N6O/c1-6-20-24(29)15(3)18(12-31-20)25-23(22-16(4)32-13-33-26(22)35(25)5)17-7-8-21(19(28)11-17)36-27-30-10-9-14(2)34-27/h1,7-13H,2-5H3. The number of rotatable bonds is 4. The van der Waals surface area contributed by atoms with E-state index in [-0.39, 0.29) is 17.5 Å². The van der Waals surface area contributed by atoms with E-state index in [4.69, 9.17) is 11.2 Å². The van der Waals surface area contributed by atoms with Crippen LogP contribution in [0.3, 0.4) is 0 Å². The van der Waals surface area contributed by atoms with Crippen molar-refractivity contribution in [1.29, 1.82) is 0 Å². The zero-order valence-electron chi connectivity index (χ0n) is 20.0. The minimum atomic E-state index is -0.612. The van der Waals surface area contributed by atoms with Crippen LogP contribution >= 0.6 is 0 Å². The lowest BCUT2D eigenvalue weighted by molar-refractivity contribution is 0.410. The molecule has 5 rings (SSSR count). The molecule has 0 amide bonds. The number of halogens is 2. The van der Waals surface area contributed by atoms with Crippen LogP contribution in [0.1, 0.15) is 22.6 Å². The molecule has 7 nitrogen and oxygen atoms in total. The molecule has 5 aromatic rings. The highest BCUT2D eigenvalue weighted by atomic mass is 19.1. The van der Waals surface area contributed by atoms with Crippen LogP contribution in [0.15, 0.2) is 43.0 Å². The van der Waals surface area contributed by atoms with Gasteiger partial charge >= 0.3 is 6.01 Å². The Balaban J connectivity index is 1.73. The number of ether oxygens (including phenoxy) is 1. The van der Waals surface area contributed by atoms with Gasteiger partial charge in [0.2, 0.25) is 0 Å². The Morgan fingerprint density at radius 2 is 1.83 bits per heavy atom. The molecule has 0 saturated heterocycles. The molecule has 0 aliphatic heterocycles. The number of nitrogens with zero attached hydrogens (tertiary/aromatic N) is 6. The molecule has 0 bridgehead atoms. The first-order valence-electron chi connectivity index (χ1n) is 11.0. The molecule has 1 aromatic carbocycles. The smallest absolute Gasteiger partial charge is 0.322 e. The molecule has 0 radical (unpaired) electrons. The van der Waals surface area contributed by atoms with Crippen molar-refractivity contribution in [2.45, 2.75) is 20.8 Å². The SMILES string of the molecule is C#Cc1ncc(-c2c(-c3ccc(Oc4nccc(C)n4)c(F)c3)c3c(C)ncnc3n2C)c(C)c1F. The summed E-state index contributed by atoms with van der Waals surface area (Å²) in [7, 11) is 1.81. The van der Waals surface area contributed by atoms with Gasteiger partial charge in [-0.15, -0.1) is 6.42 Å². The van der Waals surface area contributed by atoms with Gasteiger partial charge in [-0.05, 0) is 56.0 Å². The Labute approximate surface area is 205 Å².